The van der Waals surface area contributed by atoms with E-state index in [1.165, 1.54) is 18.4 Å². The molecule has 0 aliphatic heterocycles. The van der Waals surface area contributed by atoms with Crippen molar-refractivity contribution in [2.45, 2.75) is 39.0 Å². The number of amides is 3. The van der Waals surface area contributed by atoms with Crippen molar-refractivity contribution in [1.82, 2.24) is 10.3 Å². The zero-order valence-electron chi connectivity index (χ0n) is 15.7. The number of nitrogens with one attached hydrogen (secondary N) is 3. The Morgan fingerprint density at radius 1 is 1.25 bits per heavy atom. The maximum atomic E-state index is 12.4. The predicted molar refractivity (Wildman–Crippen MR) is 114 cm³/mol. The topological polar surface area (TPSA) is 83.1 Å². The van der Waals surface area contributed by atoms with E-state index in [0.29, 0.717) is 33.0 Å². The Bertz CT molecular complexity index is 894. The van der Waals surface area contributed by atoms with Crippen molar-refractivity contribution < 1.29 is 9.59 Å². The van der Waals surface area contributed by atoms with Crippen molar-refractivity contribution in [3.8, 4) is 0 Å². The van der Waals surface area contributed by atoms with Gasteiger partial charge in [0.25, 0.3) is 5.91 Å². The van der Waals surface area contributed by atoms with Crippen LogP contribution < -0.4 is 16.0 Å². The minimum atomic E-state index is -0.438. The molecule has 148 valence electrons. The molecule has 0 bridgehead atoms. The SMILES string of the molecule is Cc1nc(NC(=O)Nc2cccc(Cl)c2)sc1C(=O)NCCC1=CCCCC1. The van der Waals surface area contributed by atoms with E-state index in [0.717, 1.165) is 30.6 Å². The van der Waals surface area contributed by atoms with Gasteiger partial charge in [-0.05, 0) is 57.2 Å². The third-order valence-electron chi connectivity index (χ3n) is 4.42. The van der Waals surface area contributed by atoms with E-state index < -0.39 is 6.03 Å². The van der Waals surface area contributed by atoms with Gasteiger partial charge in [-0.1, -0.05) is 40.7 Å². The number of carbonyl (C=O) groups is 2. The molecule has 0 spiro atoms. The number of aromatic nitrogens is 1. The van der Waals surface area contributed by atoms with Crippen LogP contribution in [0, 0.1) is 6.92 Å². The molecule has 0 atom stereocenters. The fourth-order valence-electron chi connectivity index (χ4n) is 3.03. The van der Waals surface area contributed by atoms with E-state index in [2.05, 4.69) is 27.0 Å². The molecular weight excluding hydrogens is 396 g/mol. The molecule has 0 saturated heterocycles. The average Bonchev–Trinajstić information content (AvgIpc) is 3.02. The zero-order valence-corrected chi connectivity index (χ0v) is 17.3. The van der Waals surface area contributed by atoms with Crippen LogP contribution in [0.25, 0.3) is 0 Å². The Kier molecular flexibility index (Phi) is 7.06. The molecule has 0 unspecified atom stereocenters. The molecular formula is C20H23ClN4O2S. The summed E-state index contributed by atoms with van der Waals surface area (Å²) in [6.45, 7) is 2.37. The highest BCUT2D eigenvalue weighted by molar-refractivity contribution is 7.17. The van der Waals surface area contributed by atoms with Gasteiger partial charge in [0.15, 0.2) is 5.13 Å². The number of urea groups is 1. The number of anilines is 2. The minimum absolute atomic E-state index is 0.158. The summed E-state index contributed by atoms with van der Waals surface area (Å²) in [5.74, 6) is -0.158. The standard InChI is InChI=1S/C20H23ClN4O2S/c1-13-17(18(26)22-11-10-14-6-3-2-4-7-14)28-20(23-13)25-19(27)24-16-9-5-8-15(21)12-16/h5-6,8-9,12H,2-4,7,10-11H2,1H3,(H,22,26)(H2,23,24,25,27). The van der Waals surface area contributed by atoms with Crippen molar-refractivity contribution in [3.05, 3.63) is 51.5 Å². The van der Waals surface area contributed by atoms with Gasteiger partial charge in [0, 0.05) is 17.3 Å². The first kappa shape index (κ1) is 20.4. The number of hydrogen-bond donors (Lipinski definition) is 3. The maximum Gasteiger partial charge on any atom is 0.325 e. The van der Waals surface area contributed by atoms with Crippen LogP contribution >= 0.6 is 22.9 Å². The van der Waals surface area contributed by atoms with Gasteiger partial charge in [-0.3, -0.25) is 10.1 Å². The van der Waals surface area contributed by atoms with Gasteiger partial charge in [-0.25, -0.2) is 9.78 Å². The Balaban J connectivity index is 1.52. The second-order valence-corrected chi connectivity index (χ2v) is 8.07. The fourth-order valence-corrected chi connectivity index (χ4v) is 4.10. The summed E-state index contributed by atoms with van der Waals surface area (Å²) in [7, 11) is 0. The number of allylic oxidation sites excluding steroid dienone is 1. The van der Waals surface area contributed by atoms with Crippen LogP contribution in [0.15, 0.2) is 35.9 Å². The Morgan fingerprint density at radius 2 is 2.11 bits per heavy atom. The first-order chi connectivity index (χ1) is 13.5. The van der Waals surface area contributed by atoms with Crippen LogP contribution in [-0.4, -0.2) is 23.5 Å². The third kappa shape index (κ3) is 5.81. The summed E-state index contributed by atoms with van der Waals surface area (Å²) in [5.41, 5.74) is 2.60. The number of aryl methyl sites for hydroxylation is 1. The predicted octanol–water partition coefficient (Wildman–Crippen LogP) is 5.37. The molecule has 6 nitrogen and oxygen atoms in total. The van der Waals surface area contributed by atoms with Crippen LogP contribution in [-0.2, 0) is 0 Å². The molecule has 0 fully saturated rings. The molecule has 28 heavy (non-hydrogen) atoms. The van der Waals surface area contributed by atoms with Crippen LogP contribution in [0.3, 0.4) is 0 Å². The van der Waals surface area contributed by atoms with E-state index in [-0.39, 0.29) is 5.91 Å². The lowest BCUT2D eigenvalue weighted by Crippen LogP contribution is -2.24. The minimum Gasteiger partial charge on any atom is -0.351 e. The summed E-state index contributed by atoms with van der Waals surface area (Å²) < 4.78 is 0. The lowest BCUT2D eigenvalue weighted by Gasteiger charge is -2.12. The number of nitrogens with zero attached hydrogens (tertiary/aromatic N) is 1. The zero-order chi connectivity index (χ0) is 19.9. The van der Waals surface area contributed by atoms with Gasteiger partial charge < -0.3 is 10.6 Å². The molecule has 1 aliphatic rings. The Hall–Kier alpha value is -2.38. The summed E-state index contributed by atoms with van der Waals surface area (Å²) >= 11 is 7.07. The van der Waals surface area contributed by atoms with E-state index in [1.54, 1.807) is 31.2 Å². The second kappa shape index (κ2) is 9.71. The first-order valence-corrected chi connectivity index (χ1v) is 10.5. The number of hydrogen-bond acceptors (Lipinski definition) is 4. The number of benzene rings is 1. The second-order valence-electron chi connectivity index (χ2n) is 6.64. The number of halogens is 1. The van der Waals surface area contributed by atoms with Gasteiger partial charge in [-0.2, -0.15) is 0 Å². The lowest BCUT2D eigenvalue weighted by atomic mass is 9.97. The van der Waals surface area contributed by atoms with Crippen molar-refractivity contribution >= 4 is 45.7 Å². The fraction of sp³-hybridized carbons (Fsp3) is 0.350. The molecule has 1 aromatic heterocycles. The van der Waals surface area contributed by atoms with Gasteiger partial charge in [0.2, 0.25) is 0 Å². The van der Waals surface area contributed by atoms with Crippen LogP contribution in [0.5, 0.6) is 0 Å². The molecule has 3 amide bonds. The van der Waals surface area contributed by atoms with Gasteiger partial charge in [0.05, 0.1) is 5.69 Å². The molecule has 0 radical (unpaired) electrons. The number of carbonyl (C=O) groups excluding carboxylic acids is 2. The van der Waals surface area contributed by atoms with E-state index in [1.807, 2.05) is 0 Å². The molecule has 8 heteroatoms. The first-order valence-electron chi connectivity index (χ1n) is 9.28. The molecule has 1 aliphatic carbocycles. The third-order valence-corrected chi connectivity index (χ3v) is 5.73. The highest BCUT2D eigenvalue weighted by Gasteiger charge is 2.16. The van der Waals surface area contributed by atoms with Crippen molar-refractivity contribution in [2.24, 2.45) is 0 Å². The van der Waals surface area contributed by atoms with Crippen LogP contribution in [0.2, 0.25) is 5.02 Å². The summed E-state index contributed by atoms with van der Waals surface area (Å²) in [5, 5.41) is 9.20. The van der Waals surface area contributed by atoms with Crippen LogP contribution in [0.4, 0.5) is 15.6 Å². The van der Waals surface area contributed by atoms with Gasteiger partial charge in [0.1, 0.15) is 4.88 Å². The smallest absolute Gasteiger partial charge is 0.325 e. The van der Waals surface area contributed by atoms with Gasteiger partial charge in [-0.15, -0.1) is 0 Å². The largest absolute Gasteiger partial charge is 0.351 e. The molecule has 3 N–H and O–H groups in total. The quantitative estimate of drug-likeness (QED) is 0.551. The van der Waals surface area contributed by atoms with Crippen molar-refractivity contribution in [2.75, 3.05) is 17.2 Å². The Morgan fingerprint density at radius 3 is 2.86 bits per heavy atom. The summed E-state index contributed by atoms with van der Waals surface area (Å²) in [6.07, 6.45) is 7.94. The van der Waals surface area contributed by atoms with Crippen molar-refractivity contribution in [1.29, 1.82) is 0 Å². The van der Waals surface area contributed by atoms with Crippen molar-refractivity contribution in [3.63, 3.8) is 0 Å². The van der Waals surface area contributed by atoms with E-state index >= 15 is 0 Å². The van der Waals surface area contributed by atoms with E-state index in [9.17, 15) is 9.59 Å². The van der Waals surface area contributed by atoms with E-state index in [4.69, 9.17) is 11.6 Å². The molecule has 0 saturated carbocycles. The lowest BCUT2D eigenvalue weighted by molar-refractivity contribution is 0.0957. The highest BCUT2D eigenvalue weighted by Crippen LogP contribution is 2.23. The normalized spacial score (nSPS) is 13.6. The average molecular weight is 419 g/mol. The summed E-state index contributed by atoms with van der Waals surface area (Å²) in [6, 6.07) is 6.42. The monoisotopic (exact) mass is 418 g/mol. The number of thiazole rings is 1. The highest BCUT2D eigenvalue weighted by atomic mass is 35.5. The molecule has 1 aromatic carbocycles. The van der Waals surface area contributed by atoms with Gasteiger partial charge >= 0.3 is 6.03 Å². The Labute approximate surface area is 173 Å². The summed E-state index contributed by atoms with van der Waals surface area (Å²) in [4.78, 5) is 29.3. The molecule has 2 aromatic rings. The molecule has 3 rings (SSSR count). The maximum absolute atomic E-state index is 12.4. The number of rotatable bonds is 6. The molecule has 1 heterocycles. The van der Waals surface area contributed by atoms with Crippen LogP contribution in [0.1, 0.15) is 47.5 Å².